The van der Waals surface area contributed by atoms with Crippen LogP contribution in [-0.2, 0) is 43.8 Å². The van der Waals surface area contributed by atoms with Crippen LogP contribution in [0.1, 0.15) is 33.4 Å². The van der Waals surface area contributed by atoms with Crippen molar-refractivity contribution in [2.45, 2.75) is 45.5 Å². The van der Waals surface area contributed by atoms with Crippen LogP contribution in [-0.4, -0.2) is 59.6 Å². The molecule has 0 saturated carbocycles. The second-order valence-corrected chi connectivity index (χ2v) is 15.4. The maximum absolute atomic E-state index is 16.7. The lowest BCUT2D eigenvalue weighted by atomic mass is 9.66. The molecule has 65 heavy (non-hydrogen) atoms. The van der Waals surface area contributed by atoms with E-state index in [0.717, 1.165) is 98.9 Å². The van der Waals surface area contributed by atoms with Crippen LogP contribution in [0.3, 0.4) is 0 Å². The number of rotatable bonds is 8. The molecule has 4 aromatic carbocycles. The molecule has 12 nitrogen and oxygen atoms in total. The van der Waals surface area contributed by atoms with E-state index in [-0.39, 0.29) is 33.9 Å². The number of hydrogen-bond acceptors (Lipinski definition) is 8. The molecule has 4 aromatic rings. The first-order valence-corrected chi connectivity index (χ1v) is 19.4. The van der Waals surface area contributed by atoms with E-state index in [0.29, 0.717) is 31.7 Å². The van der Waals surface area contributed by atoms with Crippen LogP contribution in [0.5, 0.6) is 0 Å². The van der Waals surface area contributed by atoms with Crippen molar-refractivity contribution >= 4 is 70.0 Å². The van der Waals surface area contributed by atoms with Crippen LogP contribution >= 0.6 is 0 Å². The van der Waals surface area contributed by atoms with Crippen molar-refractivity contribution in [1.82, 2.24) is 0 Å². The van der Waals surface area contributed by atoms with E-state index in [2.05, 4.69) is 0 Å². The topological polar surface area (TPSA) is 150 Å². The summed E-state index contributed by atoms with van der Waals surface area (Å²) in [6.07, 6.45) is -5.53. The molecule has 328 valence electrons. The third-order valence-corrected chi connectivity index (χ3v) is 11.7. The standard InChI is InChI=1S/C47H30F6N4O8/c1-23-5-7-27(21-33(23)56-39(62)17-18-40(56)63)43-25(3)31(54-35(58)13-14-36(54)59)11-9-29(43)45(46(48,49)50,47(51,52)53)30-10-12-32(55-37(60)15-16-38(55)61)26(4)44(30)28-8-6-24(2)34(22-28)57-41(64)19-20-42(57)65/h5-22H,1-4H3. The smallest absolute Gasteiger partial charge is 0.269 e. The van der Waals surface area contributed by atoms with Crippen LogP contribution < -0.4 is 19.6 Å². The third kappa shape index (κ3) is 6.54. The number of halogens is 6. The zero-order valence-corrected chi connectivity index (χ0v) is 34.2. The van der Waals surface area contributed by atoms with E-state index >= 15 is 26.3 Å². The van der Waals surface area contributed by atoms with Crippen molar-refractivity contribution in [1.29, 1.82) is 0 Å². The van der Waals surface area contributed by atoms with E-state index in [1.54, 1.807) is 0 Å². The minimum atomic E-state index is -6.35. The molecule has 0 aromatic heterocycles. The van der Waals surface area contributed by atoms with Crippen molar-refractivity contribution in [2.24, 2.45) is 0 Å². The fraction of sp³-hybridized carbons (Fsp3) is 0.149. The molecule has 0 spiro atoms. The number of carbonyl (C=O) groups excluding carboxylic acids is 8. The van der Waals surface area contributed by atoms with Gasteiger partial charge in [-0.2, -0.15) is 26.3 Å². The SMILES string of the molecule is Cc1ccc(-c2c(C(c3ccc(N4C(=O)C=CC4=O)c(C)c3-c3ccc(C)c(N4C(=O)C=CC4=O)c3)(C(F)(F)F)C(F)(F)F)ccc(N3C(=O)C=CC3=O)c2C)cc1N1C(=O)C=CC1=O. The van der Waals surface area contributed by atoms with Gasteiger partial charge < -0.3 is 0 Å². The molecule has 0 saturated heterocycles. The summed E-state index contributed by atoms with van der Waals surface area (Å²) in [5, 5.41) is 0. The summed E-state index contributed by atoms with van der Waals surface area (Å²) in [5.74, 6) is -7.21. The third-order valence-electron chi connectivity index (χ3n) is 11.7. The van der Waals surface area contributed by atoms with Gasteiger partial charge in [0, 0.05) is 48.6 Å². The highest BCUT2D eigenvalue weighted by Crippen LogP contribution is 2.61. The van der Waals surface area contributed by atoms with Gasteiger partial charge in [0.25, 0.3) is 47.3 Å². The zero-order valence-electron chi connectivity index (χ0n) is 34.2. The Morgan fingerprint density at radius 3 is 0.877 bits per heavy atom. The number of nitrogens with zero attached hydrogens (tertiary/aromatic N) is 4. The second-order valence-electron chi connectivity index (χ2n) is 15.4. The van der Waals surface area contributed by atoms with Crippen LogP contribution in [0.2, 0.25) is 0 Å². The van der Waals surface area contributed by atoms with Crippen LogP contribution in [0.4, 0.5) is 49.1 Å². The van der Waals surface area contributed by atoms with E-state index in [1.807, 2.05) is 0 Å². The van der Waals surface area contributed by atoms with E-state index in [1.165, 1.54) is 26.0 Å². The Morgan fingerprint density at radius 2 is 0.615 bits per heavy atom. The van der Waals surface area contributed by atoms with E-state index < -0.39 is 110 Å². The number of benzene rings is 4. The van der Waals surface area contributed by atoms with Gasteiger partial charge >= 0.3 is 12.4 Å². The van der Waals surface area contributed by atoms with E-state index in [4.69, 9.17) is 0 Å². The highest BCUT2D eigenvalue weighted by atomic mass is 19.4. The molecule has 0 N–H and O–H groups in total. The monoisotopic (exact) mass is 892 g/mol. The average Bonchev–Trinajstić information content (AvgIpc) is 3.96. The number of hydrogen-bond donors (Lipinski definition) is 0. The molecule has 0 fully saturated rings. The number of anilines is 4. The van der Waals surface area contributed by atoms with Crippen LogP contribution in [0, 0.1) is 27.7 Å². The van der Waals surface area contributed by atoms with Gasteiger partial charge in [-0.05, 0) is 108 Å². The maximum atomic E-state index is 16.7. The predicted molar refractivity (Wildman–Crippen MR) is 222 cm³/mol. The molecular formula is C47H30F6N4O8. The second kappa shape index (κ2) is 15.1. The molecule has 4 aliphatic heterocycles. The first kappa shape index (κ1) is 43.6. The van der Waals surface area contributed by atoms with Crippen molar-refractivity contribution in [3.05, 3.63) is 143 Å². The average molecular weight is 893 g/mol. The van der Waals surface area contributed by atoms with Crippen molar-refractivity contribution in [3.8, 4) is 22.3 Å². The van der Waals surface area contributed by atoms with Gasteiger partial charge in [-0.25, -0.2) is 19.6 Å². The Morgan fingerprint density at radius 1 is 0.354 bits per heavy atom. The van der Waals surface area contributed by atoms with Gasteiger partial charge in [0.15, 0.2) is 0 Å². The molecule has 0 radical (unpaired) electrons. The molecule has 0 bridgehead atoms. The largest absolute Gasteiger partial charge is 0.411 e. The van der Waals surface area contributed by atoms with Gasteiger partial charge in [-0.3, -0.25) is 38.4 Å². The van der Waals surface area contributed by atoms with Gasteiger partial charge in [0.1, 0.15) is 0 Å². The Kier molecular flexibility index (Phi) is 10.1. The molecular weight excluding hydrogens is 863 g/mol. The Hall–Kier alpha value is -8.02. The summed E-state index contributed by atoms with van der Waals surface area (Å²) >= 11 is 0. The quantitative estimate of drug-likeness (QED) is 0.131. The first-order chi connectivity index (χ1) is 30.5. The lowest BCUT2D eigenvalue weighted by Crippen LogP contribution is -2.55. The first-order valence-electron chi connectivity index (χ1n) is 19.4. The molecule has 4 heterocycles. The number of aryl methyl sites for hydroxylation is 2. The molecule has 0 unspecified atom stereocenters. The number of amides is 8. The fourth-order valence-corrected chi connectivity index (χ4v) is 8.73. The van der Waals surface area contributed by atoms with Gasteiger partial charge in [-0.15, -0.1) is 0 Å². The Labute approximate surface area is 364 Å². The van der Waals surface area contributed by atoms with Gasteiger partial charge in [0.05, 0.1) is 22.7 Å². The summed E-state index contributed by atoms with van der Waals surface area (Å²) in [4.78, 5) is 106. The summed E-state index contributed by atoms with van der Waals surface area (Å²) in [6.45, 7) is 5.11. The van der Waals surface area contributed by atoms with Crippen LogP contribution in [0.15, 0.2) is 109 Å². The number of alkyl halides is 6. The van der Waals surface area contributed by atoms with Crippen molar-refractivity contribution in [2.75, 3.05) is 19.6 Å². The van der Waals surface area contributed by atoms with Gasteiger partial charge in [0.2, 0.25) is 5.41 Å². The predicted octanol–water partition coefficient (Wildman–Crippen LogP) is 7.38. The lowest BCUT2D eigenvalue weighted by molar-refractivity contribution is -0.288. The maximum Gasteiger partial charge on any atom is 0.411 e. The van der Waals surface area contributed by atoms with E-state index in [9.17, 15) is 38.4 Å². The molecule has 8 amide bonds. The van der Waals surface area contributed by atoms with Crippen LogP contribution in [0.25, 0.3) is 22.3 Å². The summed E-state index contributed by atoms with van der Waals surface area (Å²) in [5.41, 5.74) is -12.0. The number of carbonyl (C=O) groups is 8. The Bertz CT molecular complexity index is 2780. The highest BCUT2D eigenvalue weighted by Gasteiger charge is 2.74. The van der Waals surface area contributed by atoms with Crippen molar-refractivity contribution < 1.29 is 64.7 Å². The summed E-state index contributed by atoms with van der Waals surface area (Å²) < 4.78 is 100. The molecule has 4 aliphatic rings. The minimum absolute atomic E-state index is 0.194. The molecule has 18 heteroatoms. The molecule has 0 atom stereocenters. The fourth-order valence-electron chi connectivity index (χ4n) is 8.73. The Balaban J connectivity index is 1.52. The normalized spacial score (nSPS) is 16.6. The lowest BCUT2D eigenvalue weighted by Gasteiger charge is -2.42. The van der Waals surface area contributed by atoms with Gasteiger partial charge in [-0.1, -0.05) is 36.4 Å². The summed E-state index contributed by atoms with van der Waals surface area (Å²) in [6, 6.07) is 9.47. The zero-order chi connectivity index (χ0) is 47.2. The highest BCUT2D eigenvalue weighted by molar-refractivity contribution is 6.31. The molecule has 0 aliphatic carbocycles. The summed E-state index contributed by atoms with van der Waals surface area (Å²) in [7, 11) is 0. The van der Waals surface area contributed by atoms with Crippen molar-refractivity contribution in [3.63, 3.8) is 0 Å². The number of imide groups is 4. The molecule has 8 rings (SSSR count). The minimum Gasteiger partial charge on any atom is -0.269 e.